The highest BCUT2D eigenvalue weighted by Crippen LogP contribution is 2.28. The van der Waals surface area contributed by atoms with Crippen molar-refractivity contribution in [1.82, 2.24) is 9.97 Å². The highest BCUT2D eigenvalue weighted by atomic mass is 32.2. The van der Waals surface area contributed by atoms with Crippen molar-refractivity contribution in [3.05, 3.63) is 47.8 Å². The molecule has 0 aliphatic carbocycles. The quantitative estimate of drug-likeness (QED) is 0.383. The van der Waals surface area contributed by atoms with E-state index < -0.39 is 0 Å². The van der Waals surface area contributed by atoms with Crippen molar-refractivity contribution in [2.45, 2.75) is 63.4 Å². The molecular formula is C21H28N2O2S. The zero-order valence-electron chi connectivity index (χ0n) is 15.9. The second kappa shape index (κ2) is 9.72. The van der Waals surface area contributed by atoms with Crippen molar-refractivity contribution in [1.29, 1.82) is 0 Å². The zero-order chi connectivity index (χ0) is 19.0. The van der Waals surface area contributed by atoms with Gasteiger partial charge in [0.2, 0.25) is 0 Å². The van der Waals surface area contributed by atoms with Crippen LogP contribution >= 0.6 is 11.8 Å². The molecule has 0 spiro atoms. The van der Waals surface area contributed by atoms with E-state index in [-0.39, 0.29) is 16.9 Å². The van der Waals surface area contributed by atoms with Gasteiger partial charge < -0.3 is 5.11 Å². The number of ketones is 1. The first kappa shape index (κ1) is 20.4. The van der Waals surface area contributed by atoms with Crippen molar-refractivity contribution in [2.24, 2.45) is 0 Å². The normalized spacial score (nSPS) is 11.5. The van der Waals surface area contributed by atoms with Gasteiger partial charge in [-0.2, -0.15) is 0 Å². The maximum absolute atomic E-state index is 12.2. The lowest BCUT2D eigenvalue weighted by Gasteiger charge is -2.20. The summed E-state index contributed by atoms with van der Waals surface area (Å²) in [4.78, 5) is 20.6. The monoisotopic (exact) mass is 372 g/mol. The van der Waals surface area contributed by atoms with Crippen LogP contribution in [0.2, 0.25) is 0 Å². The maximum Gasteiger partial charge on any atom is 0.187 e. The molecule has 26 heavy (non-hydrogen) atoms. The second-order valence-corrected chi connectivity index (χ2v) is 8.56. The smallest absolute Gasteiger partial charge is 0.187 e. The van der Waals surface area contributed by atoms with Crippen molar-refractivity contribution in [3.8, 4) is 5.75 Å². The van der Waals surface area contributed by atoms with E-state index in [4.69, 9.17) is 0 Å². The highest BCUT2D eigenvalue weighted by Gasteiger charge is 2.16. The lowest BCUT2D eigenvalue weighted by Crippen LogP contribution is -2.12. The molecule has 0 unspecified atom stereocenters. The number of aromatic nitrogens is 2. The number of phenolic OH excluding ortho intramolecular Hbond substituents is 1. The third kappa shape index (κ3) is 6.79. The van der Waals surface area contributed by atoms with Gasteiger partial charge in [0, 0.05) is 36.6 Å². The number of thioether (sulfide) groups is 1. The molecule has 1 aromatic heterocycles. The first-order valence-electron chi connectivity index (χ1n) is 9.10. The van der Waals surface area contributed by atoms with E-state index in [0.717, 1.165) is 41.3 Å². The van der Waals surface area contributed by atoms with Crippen LogP contribution in [-0.4, -0.2) is 26.6 Å². The van der Waals surface area contributed by atoms with Crippen LogP contribution in [-0.2, 0) is 16.6 Å². The molecule has 0 fully saturated rings. The number of benzene rings is 1. The molecule has 1 aromatic carbocycles. The number of hydrogen-bond acceptors (Lipinski definition) is 5. The Hall–Kier alpha value is -1.88. The van der Waals surface area contributed by atoms with Crippen LogP contribution < -0.4 is 0 Å². The summed E-state index contributed by atoms with van der Waals surface area (Å²) in [5.74, 6) is 1.36. The summed E-state index contributed by atoms with van der Waals surface area (Å²) in [6.07, 6.45) is 7.31. The van der Waals surface area contributed by atoms with E-state index in [1.54, 1.807) is 30.2 Å². The number of aromatic hydroxyl groups is 1. The van der Waals surface area contributed by atoms with Gasteiger partial charge in [0.25, 0.3) is 0 Å². The number of unbranched alkanes of at least 4 members (excludes halogenated alkanes) is 2. The molecule has 1 heterocycles. The molecule has 0 amide bonds. The Morgan fingerprint density at radius 1 is 1.12 bits per heavy atom. The highest BCUT2D eigenvalue weighted by molar-refractivity contribution is 7.99. The van der Waals surface area contributed by atoms with Gasteiger partial charge in [-0.1, -0.05) is 51.1 Å². The van der Waals surface area contributed by atoms with Crippen molar-refractivity contribution in [2.75, 3.05) is 5.75 Å². The standard InChI is InChI=1S/C21H28N2O2S/c1-21(2,3)17-9-10-19(25)16(14-17)15-18(24)8-5-4-6-13-26-20-22-11-7-12-23-20/h7,9-12,14,25H,4-6,8,13,15H2,1-3H3. The summed E-state index contributed by atoms with van der Waals surface area (Å²) >= 11 is 1.65. The molecule has 2 aromatic rings. The number of carbonyl (C=O) groups excluding carboxylic acids is 1. The predicted molar refractivity (Wildman–Crippen MR) is 107 cm³/mol. The van der Waals surface area contributed by atoms with Crippen LogP contribution in [0.3, 0.4) is 0 Å². The van der Waals surface area contributed by atoms with Gasteiger partial charge in [-0.05, 0) is 36.0 Å². The van der Waals surface area contributed by atoms with E-state index >= 15 is 0 Å². The number of carbonyl (C=O) groups is 1. The summed E-state index contributed by atoms with van der Waals surface area (Å²) < 4.78 is 0. The molecule has 140 valence electrons. The third-order valence-corrected chi connectivity index (χ3v) is 5.17. The minimum absolute atomic E-state index is 0.00559. The molecule has 1 N–H and O–H groups in total. The number of phenols is 1. The molecule has 0 atom stereocenters. The lowest BCUT2D eigenvalue weighted by atomic mass is 9.85. The minimum Gasteiger partial charge on any atom is -0.508 e. The van der Waals surface area contributed by atoms with Crippen LogP contribution in [0.25, 0.3) is 0 Å². The van der Waals surface area contributed by atoms with Crippen LogP contribution in [0.5, 0.6) is 5.75 Å². The van der Waals surface area contributed by atoms with Crippen LogP contribution in [0.15, 0.2) is 41.8 Å². The van der Waals surface area contributed by atoms with Gasteiger partial charge in [0.05, 0.1) is 0 Å². The Kier molecular flexibility index (Phi) is 7.64. The van der Waals surface area contributed by atoms with E-state index in [0.29, 0.717) is 12.8 Å². The van der Waals surface area contributed by atoms with Gasteiger partial charge in [-0.15, -0.1) is 0 Å². The van der Waals surface area contributed by atoms with Crippen molar-refractivity contribution in [3.63, 3.8) is 0 Å². The van der Waals surface area contributed by atoms with Crippen LogP contribution in [0.1, 0.15) is 57.6 Å². The topological polar surface area (TPSA) is 63.1 Å². The van der Waals surface area contributed by atoms with Gasteiger partial charge in [0.15, 0.2) is 5.16 Å². The Morgan fingerprint density at radius 3 is 2.54 bits per heavy atom. The van der Waals surface area contributed by atoms with E-state index in [2.05, 4.69) is 30.7 Å². The number of hydrogen-bond donors (Lipinski definition) is 1. The molecule has 0 bridgehead atoms. The molecular weight excluding hydrogens is 344 g/mol. The molecule has 4 nitrogen and oxygen atoms in total. The molecule has 0 saturated carbocycles. The lowest BCUT2D eigenvalue weighted by molar-refractivity contribution is -0.118. The largest absolute Gasteiger partial charge is 0.508 e. The summed E-state index contributed by atoms with van der Waals surface area (Å²) in [5.41, 5.74) is 1.88. The average Bonchev–Trinajstić information content (AvgIpc) is 2.60. The Morgan fingerprint density at radius 2 is 1.85 bits per heavy atom. The third-order valence-electron chi connectivity index (χ3n) is 4.21. The molecule has 0 radical (unpaired) electrons. The van der Waals surface area contributed by atoms with Gasteiger partial charge in [-0.3, -0.25) is 4.79 Å². The van der Waals surface area contributed by atoms with E-state index in [9.17, 15) is 9.90 Å². The molecule has 0 aliphatic rings. The maximum atomic E-state index is 12.2. The summed E-state index contributed by atoms with van der Waals surface area (Å²) in [6.45, 7) is 6.39. The van der Waals surface area contributed by atoms with Crippen molar-refractivity contribution < 1.29 is 9.90 Å². The molecule has 2 rings (SSSR count). The number of rotatable bonds is 9. The number of Topliss-reactive ketones (excluding diaryl/α,β-unsaturated/α-hetero) is 1. The Balaban J connectivity index is 1.70. The predicted octanol–water partition coefficient (Wildman–Crippen LogP) is 4.94. The van der Waals surface area contributed by atoms with Gasteiger partial charge in [0.1, 0.15) is 11.5 Å². The summed E-state index contributed by atoms with van der Waals surface area (Å²) in [5, 5.41) is 10.8. The molecule has 5 heteroatoms. The Labute approximate surface area is 160 Å². The first-order chi connectivity index (χ1) is 12.4. The van der Waals surface area contributed by atoms with Crippen molar-refractivity contribution >= 4 is 17.5 Å². The second-order valence-electron chi connectivity index (χ2n) is 7.50. The Bertz CT molecular complexity index is 712. The zero-order valence-corrected chi connectivity index (χ0v) is 16.7. The number of nitrogens with zero attached hydrogens (tertiary/aromatic N) is 2. The summed E-state index contributed by atoms with van der Waals surface area (Å²) in [7, 11) is 0. The first-order valence-corrected chi connectivity index (χ1v) is 10.1. The van der Waals surface area contributed by atoms with Gasteiger partial charge in [-0.25, -0.2) is 9.97 Å². The van der Waals surface area contributed by atoms with E-state index in [1.807, 2.05) is 18.2 Å². The van der Waals surface area contributed by atoms with Crippen LogP contribution in [0.4, 0.5) is 0 Å². The fourth-order valence-electron chi connectivity index (χ4n) is 2.62. The van der Waals surface area contributed by atoms with Gasteiger partial charge >= 0.3 is 0 Å². The fourth-order valence-corrected chi connectivity index (χ4v) is 3.42. The molecule has 0 saturated heterocycles. The molecule has 0 aliphatic heterocycles. The summed E-state index contributed by atoms with van der Waals surface area (Å²) in [6, 6.07) is 7.40. The average molecular weight is 373 g/mol. The fraction of sp³-hybridized carbons (Fsp3) is 0.476. The minimum atomic E-state index is 0.00559. The SMILES string of the molecule is CC(C)(C)c1ccc(O)c(CC(=O)CCCCCSc2ncccn2)c1. The van der Waals surface area contributed by atoms with Crippen LogP contribution in [0, 0.1) is 0 Å². The van der Waals surface area contributed by atoms with E-state index in [1.165, 1.54) is 0 Å².